The van der Waals surface area contributed by atoms with Crippen molar-refractivity contribution in [3.05, 3.63) is 59.7 Å². The van der Waals surface area contributed by atoms with Gasteiger partial charge in [0.1, 0.15) is 5.75 Å². The van der Waals surface area contributed by atoms with Crippen molar-refractivity contribution >= 4 is 17.6 Å². The fourth-order valence-corrected chi connectivity index (χ4v) is 2.61. The zero-order chi connectivity index (χ0) is 20.5. The molecule has 2 aromatic carbocycles. The van der Waals surface area contributed by atoms with Crippen LogP contribution < -0.4 is 15.4 Å². The van der Waals surface area contributed by atoms with Crippen LogP contribution in [0, 0.1) is 5.92 Å². The summed E-state index contributed by atoms with van der Waals surface area (Å²) in [7, 11) is 3.34. The highest BCUT2D eigenvalue weighted by atomic mass is 16.5. The van der Waals surface area contributed by atoms with E-state index < -0.39 is 0 Å². The van der Waals surface area contributed by atoms with Crippen molar-refractivity contribution < 1.29 is 14.3 Å². The highest BCUT2D eigenvalue weighted by Crippen LogP contribution is 2.21. The Morgan fingerprint density at radius 1 is 1.11 bits per heavy atom. The molecule has 2 aromatic rings. The van der Waals surface area contributed by atoms with E-state index >= 15 is 0 Å². The summed E-state index contributed by atoms with van der Waals surface area (Å²) in [4.78, 5) is 25.7. The molecule has 0 atom stereocenters. The van der Waals surface area contributed by atoms with Gasteiger partial charge in [0.2, 0.25) is 5.91 Å². The molecule has 0 saturated carbocycles. The van der Waals surface area contributed by atoms with Gasteiger partial charge in [0, 0.05) is 25.3 Å². The molecule has 0 heterocycles. The van der Waals surface area contributed by atoms with Gasteiger partial charge in [0.15, 0.2) is 0 Å². The van der Waals surface area contributed by atoms with Gasteiger partial charge in [-0.05, 0) is 29.7 Å². The monoisotopic (exact) mass is 383 g/mol. The van der Waals surface area contributed by atoms with Crippen LogP contribution >= 0.6 is 0 Å². The van der Waals surface area contributed by atoms with Gasteiger partial charge in [-0.1, -0.05) is 44.2 Å². The number of likely N-dealkylation sites (N-methyl/N-ethyl adjacent to an activating group) is 1. The zero-order valence-electron chi connectivity index (χ0n) is 17.0. The third-order valence-electron chi connectivity index (χ3n) is 4.12. The van der Waals surface area contributed by atoms with Crippen LogP contribution in [0.15, 0.2) is 48.5 Å². The third-order valence-corrected chi connectivity index (χ3v) is 4.12. The van der Waals surface area contributed by atoms with Gasteiger partial charge in [0.25, 0.3) is 0 Å². The maximum Gasteiger partial charge on any atom is 0.321 e. The number of amides is 3. The van der Waals surface area contributed by atoms with E-state index in [4.69, 9.17) is 4.74 Å². The van der Waals surface area contributed by atoms with E-state index in [1.165, 1.54) is 0 Å². The molecule has 0 saturated heterocycles. The van der Waals surface area contributed by atoms with E-state index in [1.807, 2.05) is 36.4 Å². The molecule has 3 amide bonds. The van der Waals surface area contributed by atoms with Crippen molar-refractivity contribution in [1.29, 1.82) is 0 Å². The molecule has 6 heteroatoms. The Hall–Kier alpha value is -3.02. The highest BCUT2D eigenvalue weighted by Gasteiger charge is 2.13. The van der Waals surface area contributed by atoms with Crippen LogP contribution in [0.25, 0.3) is 0 Å². The van der Waals surface area contributed by atoms with E-state index in [0.717, 1.165) is 16.9 Å². The molecule has 0 aliphatic heterocycles. The lowest BCUT2D eigenvalue weighted by atomic mass is 10.1. The fraction of sp³-hybridized carbons (Fsp3) is 0.364. The second-order valence-electron chi connectivity index (χ2n) is 7.15. The zero-order valence-corrected chi connectivity index (χ0v) is 17.0. The Morgan fingerprint density at radius 2 is 1.86 bits per heavy atom. The van der Waals surface area contributed by atoms with Crippen molar-refractivity contribution in [2.45, 2.75) is 26.8 Å². The Labute approximate surface area is 166 Å². The molecule has 0 spiro atoms. The first-order valence-corrected chi connectivity index (χ1v) is 9.41. The van der Waals surface area contributed by atoms with Crippen molar-refractivity contribution in [3.63, 3.8) is 0 Å². The topological polar surface area (TPSA) is 70.7 Å². The van der Waals surface area contributed by atoms with Crippen molar-refractivity contribution in [2.24, 2.45) is 5.92 Å². The van der Waals surface area contributed by atoms with Crippen LogP contribution in [-0.4, -0.2) is 37.5 Å². The first-order valence-electron chi connectivity index (χ1n) is 9.41. The SMILES string of the molecule is CNC(=O)Cc1cccc(NC(=O)N(C)Cc2ccccc2OCC(C)C)c1. The quantitative estimate of drug-likeness (QED) is 0.731. The number of carbonyl (C=O) groups is 2. The van der Waals surface area contributed by atoms with E-state index in [-0.39, 0.29) is 18.4 Å². The molecule has 2 N–H and O–H groups in total. The summed E-state index contributed by atoms with van der Waals surface area (Å²) >= 11 is 0. The molecule has 2 rings (SSSR count). The third kappa shape index (κ3) is 6.61. The van der Waals surface area contributed by atoms with E-state index in [0.29, 0.717) is 24.8 Å². The van der Waals surface area contributed by atoms with Gasteiger partial charge in [-0.2, -0.15) is 0 Å². The van der Waals surface area contributed by atoms with E-state index in [2.05, 4.69) is 24.5 Å². The number of carbonyl (C=O) groups excluding carboxylic acids is 2. The molecule has 0 aliphatic carbocycles. The number of nitrogens with zero attached hydrogens (tertiary/aromatic N) is 1. The normalized spacial score (nSPS) is 10.5. The predicted octanol–water partition coefficient (Wildman–Crippen LogP) is 3.67. The van der Waals surface area contributed by atoms with Gasteiger partial charge in [0.05, 0.1) is 19.6 Å². The van der Waals surface area contributed by atoms with Gasteiger partial charge >= 0.3 is 6.03 Å². The molecule has 0 aromatic heterocycles. The average Bonchev–Trinajstić information content (AvgIpc) is 2.67. The Kier molecular flexibility index (Phi) is 7.87. The number of nitrogens with one attached hydrogen (secondary N) is 2. The van der Waals surface area contributed by atoms with E-state index in [9.17, 15) is 9.59 Å². The second-order valence-corrected chi connectivity index (χ2v) is 7.15. The number of hydrogen-bond donors (Lipinski definition) is 2. The summed E-state index contributed by atoms with van der Waals surface area (Å²) in [6.07, 6.45) is 0.274. The lowest BCUT2D eigenvalue weighted by molar-refractivity contribution is -0.119. The molecule has 0 radical (unpaired) electrons. The summed E-state index contributed by atoms with van der Waals surface area (Å²) in [5.41, 5.74) is 2.45. The van der Waals surface area contributed by atoms with Crippen LogP contribution in [-0.2, 0) is 17.8 Å². The lowest BCUT2D eigenvalue weighted by Crippen LogP contribution is -2.31. The number of urea groups is 1. The predicted molar refractivity (Wildman–Crippen MR) is 111 cm³/mol. The average molecular weight is 383 g/mol. The Morgan fingerprint density at radius 3 is 2.57 bits per heavy atom. The first-order chi connectivity index (χ1) is 13.4. The Bertz CT molecular complexity index is 805. The van der Waals surface area contributed by atoms with Crippen molar-refractivity contribution in [2.75, 3.05) is 26.0 Å². The number of para-hydroxylation sites is 1. The molecule has 0 aliphatic rings. The van der Waals surface area contributed by atoms with Crippen LogP contribution in [0.1, 0.15) is 25.0 Å². The molecular formula is C22H29N3O3. The second kappa shape index (κ2) is 10.3. The summed E-state index contributed by atoms with van der Waals surface area (Å²) in [5, 5.41) is 5.47. The maximum absolute atomic E-state index is 12.6. The van der Waals surface area contributed by atoms with Gasteiger partial charge < -0.3 is 20.3 Å². The molecule has 0 unspecified atom stereocenters. The van der Waals surface area contributed by atoms with Crippen LogP contribution in [0.2, 0.25) is 0 Å². The van der Waals surface area contributed by atoms with Crippen LogP contribution in [0.3, 0.4) is 0 Å². The van der Waals surface area contributed by atoms with Crippen LogP contribution in [0.5, 0.6) is 5.75 Å². The van der Waals surface area contributed by atoms with Crippen molar-refractivity contribution in [1.82, 2.24) is 10.2 Å². The summed E-state index contributed by atoms with van der Waals surface area (Å²) in [6.45, 7) is 5.25. The minimum absolute atomic E-state index is 0.0707. The summed E-state index contributed by atoms with van der Waals surface area (Å²) in [6, 6.07) is 14.8. The standard InChI is InChI=1S/C22H29N3O3/c1-16(2)15-28-20-11-6-5-9-18(20)14-25(4)22(27)24-19-10-7-8-17(12-19)13-21(26)23-3/h5-12,16H,13-15H2,1-4H3,(H,23,26)(H,24,27). The molecule has 28 heavy (non-hydrogen) atoms. The summed E-state index contributed by atoms with van der Waals surface area (Å²) < 4.78 is 5.86. The number of hydrogen-bond acceptors (Lipinski definition) is 3. The number of anilines is 1. The minimum Gasteiger partial charge on any atom is -0.493 e. The molecule has 150 valence electrons. The van der Waals surface area contributed by atoms with Crippen molar-refractivity contribution in [3.8, 4) is 5.75 Å². The highest BCUT2D eigenvalue weighted by molar-refractivity contribution is 5.89. The summed E-state index contributed by atoms with van der Waals surface area (Å²) in [5.74, 6) is 1.15. The maximum atomic E-state index is 12.6. The number of ether oxygens (including phenoxy) is 1. The smallest absolute Gasteiger partial charge is 0.321 e. The lowest BCUT2D eigenvalue weighted by Gasteiger charge is -2.20. The Balaban J connectivity index is 2.00. The van der Waals surface area contributed by atoms with Crippen LogP contribution in [0.4, 0.5) is 10.5 Å². The van der Waals surface area contributed by atoms with Gasteiger partial charge in [-0.15, -0.1) is 0 Å². The fourth-order valence-electron chi connectivity index (χ4n) is 2.61. The number of benzene rings is 2. The van der Waals surface area contributed by atoms with Gasteiger partial charge in [-0.25, -0.2) is 4.79 Å². The number of rotatable bonds is 8. The first kappa shape index (κ1) is 21.3. The molecule has 6 nitrogen and oxygen atoms in total. The molecular weight excluding hydrogens is 354 g/mol. The minimum atomic E-state index is -0.226. The molecule has 0 bridgehead atoms. The van der Waals surface area contributed by atoms with E-state index in [1.54, 1.807) is 31.1 Å². The molecule has 0 fully saturated rings. The largest absolute Gasteiger partial charge is 0.493 e. The van der Waals surface area contributed by atoms with Gasteiger partial charge in [-0.3, -0.25) is 4.79 Å².